The molecule has 1 heterocycles. The molecule has 2 aromatic rings. The van der Waals surface area contributed by atoms with Gasteiger partial charge in [-0.2, -0.15) is 5.10 Å². The van der Waals surface area contributed by atoms with E-state index in [-0.39, 0.29) is 55.0 Å². The highest BCUT2D eigenvalue weighted by atomic mass is 16.6. The van der Waals surface area contributed by atoms with Crippen LogP contribution in [0.1, 0.15) is 120 Å². The summed E-state index contributed by atoms with van der Waals surface area (Å²) in [7, 11) is 1.47. The second-order valence-electron chi connectivity index (χ2n) is 13.8. The summed E-state index contributed by atoms with van der Waals surface area (Å²) < 4.78 is 15.5. The first-order valence-electron chi connectivity index (χ1n) is 18.8. The van der Waals surface area contributed by atoms with Gasteiger partial charge in [-0.3, -0.25) is 24.6 Å². The van der Waals surface area contributed by atoms with E-state index in [1.54, 1.807) is 30.3 Å². The number of aliphatic hydroxyl groups excluding tert-OH is 2. The Hall–Kier alpha value is -4.92. The van der Waals surface area contributed by atoms with Crippen LogP contribution in [-0.4, -0.2) is 78.1 Å². The minimum atomic E-state index is -0.742. The molecule has 2 aromatic carbocycles. The molecule has 4 aliphatic rings. The normalized spacial score (nSPS) is 21.3. The monoisotopic (exact) mass is 746 g/mol. The van der Waals surface area contributed by atoms with E-state index in [0.29, 0.717) is 47.4 Å². The molecule has 0 radical (unpaired) electrons. The highest BCUT2D eigenvalue weighted by Gasteiger charge is 2.34. The van der Waals surface area contributed by atoms with E-state index < -0.39 is 24.2 Å². The molecule has 3 aliphatic carbocycles. The Kier molecular flexibility index (Phi) is 14.9. The molecule has 0 saturated carbocycles. The average Bonchev–Trinajstić information content (AvgIpc) is 3.17. The first kappa shape index (κ1) is 40.3. The van der Waals surface area contributed by atoms with E-state index in [4.69, 9.17) is 19.3 Å². The quantitative estimate of drug-likeness (QED) is 0.119. The fourth-order valence-corrected chi connectivity index (χ4v) is 7.03. The van der Waals surface area contributed by atoms with Crippen molar-refractivity contribution in [1.82, 2.24) is 16.3 Å². The summed E-state index contributed by atoms with van der Waals surface area (Å²) in [6.07, 6.45) is 12.2. The Morgan fingerprint density at radius 2 is 1.69 bits per heavy atom. The van der Waals surface area contributed by atoms with Crippen molar-refractivity contribution < 1.29 is 48.4 Å². The van der Waals surface area contributed by atoms with Crippen molar-refractivity contribution in [2.45, 2.75) is 102 Å². The van der Waals surface area contributed by atoms with Crippen molar-refractivity contribution in [3.05, 3.63) is 75.9 Å². The van der Waals surface area contributed by atoms with Crippen LogP contribution >= 0.6 is 0 Å². The molecule has 290 valence electrons. The number of hydrazine groups is 1. The minimum absolute atomic E-state index is 0.00415. The number of ether oxygens (including phenoxy) is 3. The number of hydrogen-bond donors (Lipinski definition) is 5. The van der Waals surface area contributed by atoms with E-state index in [2.05, 4.69) is 21.4 Å². The van der Waals surface area contributed by atoms with Gasteiger partial charge in [0.1, 0.15) is 11.9 Å². The number of hydrogen-bond acceptors (Lipinski definition) is 11. The Labute approximate surface area is 314 Å². The van der Waals surface area contributed by atoms with E-state index >= 15 is 0 Å². The maximum Gasteiger partial charge on any atom is 0.426 e. The molecular formula is C40H50N4O10. The van der Waals surface area contributed by atoms with Gasteiger partial charge >= 0.3 is 6.09 Å². The number of nitrogens with zero attached hydrogens (tertiary/aromatic N) is 1. The highest BCUT2D eigenvalue weighted by Crippen LogP contribution is 2.37. The van der Waals surface area contributed by atoms with E-state index in [0.717, 1.165) is 69.1 Å². The maximum absolute atomic E-state index is 13.4. The van der Waals surface area contributed by atoms with E-state index in [1.165, 1.54) is 7.11 Å². The SMILES string of the molecule is COc1cccc2c1C(=O)c1cc3c(cc1C2=O)CC(/C(CO)=N\NC(=O)CCCC(=O)NNC(=O)OC1/C=C/CCCCC1)CC3.OC1CCCCO1. The molecule has 14 nitrogen and oxygen atoms in total. The van der Waals surface area contributed by atoms with Gasteiger partial charge < -0.3 is 24.4 Å². The molecule has 14 heteroatoms. The standard InChI is InChI=1S/C35H40N4O8.C5H10O2/c1-46-29-12-7-11-25-32(29)34(44)27-18-21-15-16-22(17-23(21)19-26(27)33(25)43)28(20-40)36-37-30(41)13-8-14-31(42)38-39-35(45)47-24-9-5-3-2-4-6-10-24;6-5-3-1-2-4-7-5/h5,7,9,11-12,18-19,22,24,40H,2-4,6,8,10,13-17,20H2,1H3,(H,37,41)(H,38,42)(H,39,45);5-6H,1-4H2/b9-5+,36-28-;. The third-order valence-electron chi connectivity index (χ3n) is 9.97. The number of carbonyl (C=O) groups is 5. The molecule has 0 aromatic heterocycles. The lowest BCUT2D eigenvalue weighted by Gasteiger charge is -2.28. The number of amides is 3. The molecule has 3 unspecified atom stereocenters. The Balaban J connectivity index is 0.000000719. The number of hydrazone groups is 1. The summed E-state index contributed by atoms with van der Waals surface area (Å²) in [5, 5.41) is 22.9. The molecule has 1 aliphatic heterocycles. The summed E-state index contributed by atoms with van der Waals surface area (Å²) in [6.45, 7) is 0.373. The number of carbonyl (C=O) groups excluding carboxylic acids is 5. The van der Waals surface area contributed by atoms with Crippen LogP contribution in [0.2, 0.25) is 0 Å². The van der Waals surface area contributed by atoms with Gasteiger partial charge in [0.15, 0.2) is 17.9 Å². The molecule has 1 fully saturated rings. The van der Waals surface area contributed by atoms with Crippen LogP contribution in [-0.2, 0) is 31.9 Å². The number of nitrogens with one attached hydrogen (secondary N) is 3. The Morgan fingerprint density at radius 1 is 0.907 bits per heavy atom. The first-order chi connectivity index (χ1) is 26.2. The molecule has 1 saturated heterocycles. The Morgan fingerprint density at radius 3 is 2.43 bits per heavy atom. The number of aryl methyl sites for hydroxylation is 1. The number of rotatable bonds is 9. The summed E-state index contributed by atoms with van der Waals surface area (Å²) >= 11 is 0. The zero-order chi connectivity index (χ0) is 38.5. The third-order valence-corrected chi connectivity index (χ3v) is 9.97. The van der Waals surface area contributed by atoms with Crippen LogP contribution in [0.3, 0.4) is 0 Å². The van der Waals surface area contributed by atoms with Gasteiger partial charge in [0.25, 0.3) is 0 Å². The highest BCUT2D eigenvalue weighted by molar-refractivity contribution is 6.29. The zero-order valence-corrected chi connectivity index (χ0v) is 30.7. The fourth-order valence-electron chi connectivity index (χ4n) is 7.03. The van der Waals surface area contributed by atoms with Gasteiger partial charge in [-0.05, 0) is 106 Å². The first-order valence-corrected chi connectivity index (χ1v) is 18.8. The zero-order valence-electron chi connectivity index (χ0n) is 30.7. The van der Waals surface area contributed by atoms with Gasteiger partial charge in [0.05, 0.1) is 25.0 Å². The molecular weight excluding hydrogens is 696 g/mol. The molecule has 3 amide bonds. The largest absolute Gasteiger partial charge is 0.496 e. The van der Waals surface area contributed by atoms with Crippen molar-refractivity contribution in [2.75, 3.05) is 20.3 Å². The number of aliphatic hydroxyl groups is 2. The van der Waals surface area contributed by atoms with Crippen LogP contribution in [0.5, 0.6) is 5.75 Å². The summed E-state index contributed by atoms with van der Waals surface area (Å²) in [4.78, 5) is 63.3. The fraction of sp³-hybridized carbons (Fsp3) is 0.500. The third kappa shape index (κ3) is 10.8. The van der Waals surface area contributed by atoms with Crippen molar-refractivity contribution in [1.29, 1.82) is 0 Å². The second kappa shape index (κ2) is 20.0. The van der Waals surface area contributed by atoms with Crippen LogP contribution in [0.15, 0.2) is 47.6 Å². The van der Waals surface area contributed by atoms with Crippen LogP contribution in [0, 0.1) is 5.92 Å². The summed E-state index contributed by atoms with van der Waals surface area (Å²) in [5.74, 6) is -1.18. The van der Waals surface area contributed by atoms with Crippen molar-refractivity contribution in [2.24, 2.45) is 11.0 Å². The summed E-state index contributed by atoms with van der Waals surface area (Å²) in [6, 6.07) is 8.53. The molecule has 0 spiro atoms. The van der Waals surface area contributed by atoms with Crippen LogP contribution in [0.4, 0.5) is 4.79 Å². The number of fused-ring (bicyclic) bond motifs is 3. The lowest BCUT2D eigenvalue weighted by molar-refractivity contribution is -0.123. The summed E-state index contributed by atoms with van der Waals surface area (Å²) in [5.41, 5.74) is 10.5. The Bertz CT molecular complexity index is 1750. The number of methoxy groups -OCH3 is 1. The number of benzene rings is 2. The maximum atomic E-state index is 13.4. The molecule has 6 rings (SSSR count). The molecule has 0 bridgehead atoms. The van der Waals surface area contributed by atoms with E-state index in [9.17, 15) is 29.1 Å². The lowest BCUT2D eigenvalue weighted by Crippen LogP contribution is -2.43. The van der Waals surface area contributed by atoms with Gasteiger partial charge in [-0.25, -0.2) is 15.6 Å². The molecule has 3 atom stereocenters. The molecule has 5 N–H and O–H groups in total. The molecule has 54 heavy (non-hydrogen) atoms. The van der Waals surface area contributed by atoms with Crippen molar-refractivity contribution >= 4 is 35.2 Å². The van der Waals surface area contributed by atoms with Gasteiger partial charge in [0.2, 0.25) is 11.8 Å². The van der Waals surface area contributed by atoms with Gasteiger partial charge in [-0.1, -0.05) is 24.6 Å². The van der Waals surface area contributed by atoms with Crippen LogP contribution in [0.25, 0.3) is 0 Å². The van der Waals surface area contributed by atoms with Gasteiger partial charge in [-0.15, -0.1) is 0 Å². The minimum Gasteiger partial charge on any atom is -0.496 e. The van der Waals surface area contributed by atoms with Crippen molar-refractivity contribution in [3.63, 3.8) is 0 Å². The average molecular weight is 747 g/mol. The second-order valence-corrected chi connectivity index (χ2v) is 13.8. The predicted molar refractivity (Wildman–Crippen MR) is 198 cm³/mol. The van der Waals surface area contributed by atoms with Crippen LogP contribution < -0.4 is 21.0 Å². The van der Waals surface area contributed by atoms with Crippen molar-refractivity contribution in [3.8, 4) is 5.75 Å². The van der Waals surface area contributed by atoms with E-state index in [1.807, 2.05) is 12.2 Å². The van der Waals surface area contributed by atoms with Gasteiger partial charge in [0, 0.05) is 42.1 Å². The number of allylic oxidation sites excluding steroid dienone is 1. The predicted octanol–water partition coefficient (Wildman–Crippen LogP) is 4.36. The number of ketones is 2. The topological polar surface area (TPSA) is 202 Å². The lowest BCUT2D eigenvalue weighted by atomic mass is 9.76. The smallest absolute Gasteiger partial charge is 0.426 e.